The summed E-state index contributed by atoms with van der Waals surface area (Å²) in [6.07, 6.45) is 0. The van der Waals surface area contributed by atoms with Crippen LogP contribution in [0.25, 0.3) is 22.3 Å². The van der Waals surface area contributed by atoms with E-state index in [1.165, 1.54) is 43.5 Å². The molecule has 0 saturated heterocycles. The summed E-state index contributed by atoms with van der Waals surface area (Å²) in [5, 5.41) is 20.0. The smallest absolute Gasteiger partial charge is 0.261 e. The number of hydrogen-bond acceptors (Lipinski definition) is 7. The highest BCUT2D eigenvalue weighted by Crippen LogP contribution is 2.41. The molecule has 0 aliphatic heterocycles. The number of sulfonamides is 1. The van der Waals surface area contributed by atoms with Gasteiger partial charge in [0.1, 0.15) is 16.7 Å². The summed E-state index contributed by atoms with van der Waals surface area (Å²) >= 11 is 0. The number of phenols is 2. The second kappa shape index (κ2) is 7.69. The summed E-state index contributed by atoms with van der Waals surface area (Å²) in [6.45, 7) is 0. The van der Waals surface area contributed by atoms with Gasteiger partial charge in [-0.15, -0.1) is 0 Å². The molecule has 0 unspecified atom stereocenters. The van der Waals surface area contributed by atoms with Gasteiger partial charge in [0.2, 0.25) is 5.75 Å². The first-order valence-electron chi connectivity index (χ1n) is 9.05. The Morgan fingerprint density at radius 1 is 0.968 bits per heavy atom. The van der Waals surface area contributed by atoms with Gasteiger partial charge in [-0.05, 0) is 36.4 Å². The van der Waals surface area contributed by atoms with E-state index in [0.29, 0.717) is 11.3 Å². The van der Waals surface area contributed by atoms with Crippen molar-refractivity contribution in [1.82, 2.24) is 0 Å². The van der Waals surface area contributed by atoms with Crippen LogP contribution in [0.1, 0.15) is 0 Å². The number of rotatable bonds is 5. The molecule has 4 aromatic rings. The molecule has 158 valence electrons. The van der Waals surface area contributed by atoms with E-state index in [1.54, 1.807) is 30.3 Å². The molecule has 0 radical (unpaired) electrons. The maximum atomic E-state index is 12.5. The molecule has 0 aliphatic carbocycles. The van der Waals surface area contributed by atoms with Gasteiger partial charge in [0, 0.05) is 23.4 Å². The molecule has 3 N–H and O–H groups in total. The van der Waals surface area contributed by atoms with Gasteiger partial charge in [-0.25, -0.2) is 8.42 Å². The molecule has 8 nitrogen and oxygen atoms in total. The fourth-order valence-corrected chi connectivity index (χ4v) is 4.21. The van der Waals surface area contributed by atoms with Gasteiger partial charge in [-0.1, -0.05) is 18.2 Å². The molecule has 1 heterocycles. The van der Waals surface area contributed by atoms with E-state index in [1.807, 2.05) is 0 Å². The van der Waals surface area contributed by atoms with Crippen LogP contribution in [0, 0.1) is 0 Å². The first-order chi connectivity index (χ1) is 14.8. The number of fused-ring (bicyclic) bond motifs is 1. The van der Waals surface area contributed by atoms with Crippen molar-refractivity contribution in [3.8, 4) is 28.6 Å². The lowest BCUT2D eigenvalue weighted by molar-refractivity contribution is 0.346. The monoisotopic (exact) mass is 439 g/mol. The summed E-state index contributed by atoms with van der Waals surface area (Å²) in [4.78, 5) is 12.7. The maximum Gasteiger partial charge on any atom is 0.261 e. The number of methoxy groups -OCH3 is 1. The van der Waals surface area contributed by atoms with Crippen molar-refractivity contribution >= 4 is 26.7 Å². The average Bonchev–Trinajstić information content (AvgIpc) is 2.74. The van der Waals surface area contributed by atoms with Gasteiger partial charge in [0.05, 0.1) is 12.0 Å². The predicted molar refractivity (Wildman–Crippen MR) is 115 cm³/mol. The molecule has 31 heavy (non-hydrogen) atoms. The fraction of sp³-hybridized carbons (Fsp3) is 0.0455. The number of benzene rings is 3. The Bertz CT molecular complexity index is 1430. The van der Waals surface area contributed by atoms with Crippen LogP contribution >= 0.6 is 0 Å². The predicted octanol–water partition coefficient (Wildman–Crippen LogP) is 3.68. The van der Waals surface area contributed by atoms with Crippen molar-refractivity contribution < 1.29 is 27.8 Å². The van der Waals surface area contributed by atoms with E-state index in [4.69, 9.17) is 9.15 Å². The molecular weight excluding hydrogens is 422 g/mol. The molecule has 0 aliphatic rings. The standard InChI is InChI=1S/C22H17NO7S/c1-29-22-17(25)12-19-20(21(22)26)16(24)11-18(30-19)13-7-9-14(10-8-13)23-31(27,28)15-5-3-2-4-6-15/h2-12,23,25-26H,1H3. The van der Waals surface area contributed by atoms with Gasteiger partial charge >= 0.3 is 0 Å². The highest BCUT2D eigenvalue weighted by atomic mass is 32.2. The Morgan fingerprint density at radius 3 is 2.29 bits per heavy atom. The molecule has 9 heteroatoms. The Morgan fingerprint density at radius 2 is 1.65 bits per heavy atom. The molecule has 0 atom stereocenters. The van der Waals surface area contributed by atoms with E-state index in [2.05, 4.69) is 4.72 Å². The van der Waals surface area contributed by atoms with Crippen molar-refractivity contribution in [2.24, 2.45) is 0 Å². The van der Waals surface area contributed by atoms with Crippen LogP contribution in [0.3, 0.4) is 0 Å². The minimum atomic E-state index is -3.73. The number of anilines is 1. The third-order valence-electron chi connectivity index (χ3n) is 4.61. The van der Waals surface area contributed by atoms with Gasteiger partial charge in [0.15, 0.2) is 16.9 Å². The Labute approximate surface area is 177 Å². The van der Waals surface area contributed by atoms with Crippen LogP contribution in [0.4, 0.5) is 5.69 Å². The minimum absolute atomic E-state index is 0.0212. The van der Waals surface area contributed by atoms with Gasteiger partial charge in [-0.2, -0.15) is 0 Å². The van der Waals surface area contributed by atoms with E-state index in [-0.39, 0.29) is 33.1 Å². The highest BCUT2D eigenvalue weighted by Gasteiger charge is 2.19. The zero-order valence-corrected chi connectivity index (χ0v) is 17.0. The number of aromatic hydroxyl groups is 2. The van der Waals surface area contributed by atoms with E-state index >= 15 is 0 Å². The molecule has 0 spiro atoms. The van der Waals surface area contributed by atoms with Crippen LogP contribution in [-0.4, -0.2) is 25.7 Å². The second-order valence-electron chi connectivity index (χ2n) is 6.62. The quantitative estimate of drug-likeness (QED) is 0.433. The summed E-state index contributed by atoms with van der Waals surface area (Å²) in [6, 6.07) is 16.6. The van der Waals surface area contributed by atoms with Crippen LogP contribution in [-0.2, 0) is 10.0 Å². The lowest BCUT2D eigenvalue weighted by Gasteiger charge is -2.10. The van der Waals surface area contributed by atoms with Crippen molar-refractivity contribution in [3.05, 3.63) is 77.0 Å². The van der Waals surface area contributed by atoms with Crippen molar-refractivity contribution in [2.75, 3.05) is 11.8 Å². The Hall–Kier alpha value is -3.98. The van der Waals surface area contributed by atoms with Crippen LogP contribution < -0.4 is 14.9 Å². The molecule has 0 saturated carbocycles. The summed E-state index contributed by atoms with van der Waals surface area (Å²) in [5.41, 5.74) is 0.278. The second-order valence-corrected chi connectivity index (χ2v) is 8.30. The van der Waals surface area contributed by atoms with Crippen molar-refractivity contribution in [2.45, 2.75) is 4.90 Å². The van der Waals surface area contributed by atoms with Gasteiger partial charge < -0.3 is 19.4 Å². The van der Waals surface area contributed by atoms with Crippen LogP contribution in [0.5, 0.6) is 17.2 Å². The van der Waals surface area contributed by atoms with Crippen LogP contribution in [0.2, 0.25) is 0 Å². The minimum Gasteiger partial charge on any atom is -0.504 e. The zero-order chi connectivity index (χ0) is 22.2. The third kappa shape index (κ3) is 3.78. The average molecular weight is 439 g/mol. The van der Waals surface area contributed by atoms with E-state index in [9.17, 15) is 23.4 Å². The molecule has 0 fully saturated rings. The molecule has 3 aromatic carbocycles. The highest BCUT2D eigenvalue weighted by molar-refractivity contribution is 7.92. The lowest BCUT2D eigenvalue weighted by atomic mass is 10.1. The number of ether oxygens (including phenoxy) is 1. The van der Waals surface area contributed by atoms with E-state index in [0.717, 1.165) is 0 Å². The van der Waals surface area contributed by atoms with Gasteiger partial charge in [-0.3, -0.25) is 9.52 Å². The Kier molecular flexibility index (Phi) is 5.04. The normalized spacial score (nSPS) is 11.4. The molecule has 0 bridgehead atoms. The molecular formula is C22H17NO7S. The zero-order valence-electron chi connectivity index (χ0n) is 16.2. The largest absolute Gasteiger partial charge is 0.504 e. The first-order valence-corrected chi connectivity index (χ1v) is 10.5. The SMILES string of the molecule is COc1c(O)cc2oc(-c3ccc(NS(=O)(=O)c4ccccc4)cc3)cc(=O)c2c1O. The molecule has 0 amide bonds. The third-order valence-corrected chi connectivity index (χ3v) is 6.00. The van der Waals surface area contributed by atoms with E-state index < -0.39 is 21.2 Å². The number of hydrogen-bond donors (Lipinski definition) is 3. The van der Waals surface area contributed by atoms with Crippen molar-refractivity contribution in [1.29, 1.82) is 0 Å². The Balaban J connectivity index is 1.69. The lowest BCUT2D eigenvalue weighted by Crippen LogP contribution is -2.12. The topological polar surface area (TPSA) is 126 Å². The molecule has 1 aromatic heterocycles. The number of phenolic OH excluding ortho intramolecular Hbond substituents is 2. The summed E-state index contributed by atoms with van der Waals surface area (Å²) in [7, 11) is -2.48. The summed E-state index contributed by atoms with van der Waals surface area (Å²) in [5.74, 6) is -0.927. The number of nitrogens with one attached hydrogen (secondary N) is 1. The first kappa shape index (κ1) is 20.3. The van der Waals surface area contributed by atoms with Crippen LogP contribution in [0.15, 0.2) is 80.8 Å². The summed E-state index contributed by atoms with van der Waals surface area (Å²) < 4.78 is 37.9. The van der Waals surface area contributed by atoms with Crippen molar-refractivity contribution in [3.63, 3.8) is 0 Å². The fourth-order valence-electron chi connectivity index (χ4n) is 3.13. The maximum absolute atomic E-state index is 12.5. The molecule has 4 rings (SSSR count). The van der Waals surface area contributed by atoms with Gasteiger partial charge in [0.25, 0.3) is 10.0 Å².